The Labute approximate surface area is 76.4 Å². The molecule has 0 fully saturated rings. The van der Waals surface area contributed by atoms with Crippen LogP contribution in [0, 0.1) is 6.92 Å². The number of anilines is 2. The lowest BCUT2D eigenvalue weighted by Gasteiger charge is -2.01. The summed E-state index contributed by atoms with van der Waals surface area (Å²) in [6, 6.07) is 8.14. The first-order chi connectivity index (χ1) is 6.34. The molecule has 1 aromatic heterocycles. The van der Waals surface area contributed by atoms with Gasteiger partial charge in [-0.25, -0.2) is 0 Å². The molecule has 0 unspecified atom stereocenters. The minimum absolute atomic E-state index is 0.865. The molecule has 2 aromatic rings. The molecule has 0 atom stereocenters. The summed E-state index contributed by atoms with van der Waals surface area (Å²) in [4.78, 5) is 0. The van der Waals surface area contributed by atoms with Crippen molar-refractivity contribution in [3.8, 4) is 0 Å². The highest BCUT2D eigenvalue weighted by atomic mass is 16.5. The van der Waals surface area contributed by atoms with Crippen LogP contribution < -0.4 is 5.32 Å². The van der Waals surface area contributed by atoms with Crippen molar-refractivity contribution in [2.45, 2.75) is 6.92 Å². The highest BCUT2D eigenvalue weighted by molar-refractivity contribution is 5.57. The summed E-state index contributed by atoms with van der Waals surface area (Å²) in [6.45, 7) is 2.06. The van der Waals surface area contributed by atoms with Crippen molar-refractivity contribution in [3.63, 3.8) is 0 Å². The fourth-order valence-corrected chi connectivity index (χ4v) is 1.07. The minimum Gasteiger partial charge on any atom is -0.363 e. The first-order valence-electron chi connectivity index (χ1n) is 4.08. The maximum absolute atomic E-state index is 4.70. The molecule has 0 aliphatic carbocycles. The van der Waals surface area contributed by atoms with E-state index in [1.807, 2.05) is 12.1 Å². The van der Waals surface area contributed by atoms with E-state index in [0.29, 0.717) is 0 Å². The third-order valence-electron chi connectivity index (χ3n) is 1.77. The van der Waals surface area contributed by atoms with Gasteiger partial charge in [0, 0.05) is 5.69 Å². The van der Waals surface area contributed by atoms with E-state index in [2.05, 4.69) is 29.5 Å². The predicted octanol–water partition coefficient (Wildman–Crippen LogP) is 2.73. The molecule has 0 amide bonds. The molecule has 0 radical (unpaired) electrons. The van der Waals surface area contributed by atoms with Gasteiger partial charge in [0.05, 0.1) is 11.9 Å². The van der Waals surface area contributed by atoms with Gasteiger partial charge in [0.2, 0.25) is 0 Å². The number of nitrogens with one attached hydrogen (secondary N) is 1. The lowest BCUT2D eigenvalue weighted by Crippen LogP contribution is -1.87. The van der Waals surface area contributed by atoms with Gasteiger partial charge in [0.25, 0.3) is 0 Å². The molecule has 1 heterocycles. The second-order valence-corrected chi connectivity index (χ2v) is 2.90. The summed E-state index contributed by atoms with van der Waals surface area (Å²) in [5.74, 6) is 0. The largest absolute Gasteiger partial charge is 0.363 e. The van der Waals surface area contributed by atoms with Gasteiger partial charge >= 0.3 is 0 Å². The number of aromatic nitrogens is 1. The van der Waals surface area contributed by atoms with Gasteiger partial charge in [0.1, 0.15) is 6.26 Å². The van der Waals surface area contributed by atoms with Gasteiger partial charge in [-0.05, 0) is 19.1 Å². The summed E-state index contributed by atoms with van der Waals surface area (Å²) in [5.41, 5.74) is 3.15. The standard InChI is InChI=1S/C10H10N2O/c1-8-2-4-9(5-3-8)12-10-6-11-13-7-10/h2-7,12H,1H3. The molecule has 0 bridgehead atoms. The Morgan fingerprint density at radius 1 is 1.15 bits per heavy atom. The Morgan fingerprint density at radius 2 is 1.92 bits per heavy atom. The second kappa shape index (κ2) is 3.31. The van der Waals surface area contributed by atoms with E-state index in [1.165, 1.54) is 5.56 Å². The number of hydrogen-bond acceptors (Lipinski definition) is 3. The van der Waals surface area contributed by atoms with Crippen LogP contribution in [-0.4, -0.2) is 5.16 Å². The summed E-state index contributed by atoms with van der Waals surface area (Å²) >= 11 is 0. The summed E-state index contributed by atoms with van der Waals surface area (Å²) in [5, 5.41) is 6.75. The molecule has 3 nitrogen and oxygen atoms in total. The van der Waals surface area contributed by atoms with E-state index in [0.717, 1.165) is 11.4 Å². The average Bonchev–Trinajstić information content (AvgIpc) is 2.62. The Hall–Kier alpha value is -1.77. The number of hydrogen-bond donors (Lipinski definition) is 1. The smallest absolute Gasteiger partial charge is 0.147 e. The molecule has 0 saturated carbocycles. The molecular formula is C10H10N2O. The molecule has 1 N–H and O–H groups in total. The molecule has 0 saturated heterocycles. The van der Waals surface area contributed by atoms with Gasteiger partial charge in [-0.3, -0.25) is 0 Å². The van der Waals surface area contributed by atoms with Crippen molar-refractivity contribution in [2.24, 2.45) is 0 Å². The Bertz CT molecular complexity index is 364. The van der Waals surface area contributed by atoms with Gasteiger partial charge in [-0.15, -0.1) is 0 Å². The second-order valence-electron chi connectivity index (χ2n) is 2.90. The zero-order chi connectivity index (χ0) is 9.10. The third-order valence-corrected chi connectivity index (χ3v) is 1.77. The van der Waals surface area contributed by atoms with Crippen LogP contribution >= 0.6 is 0 Å². The molecule has 13 heavy (non-hydrogen) atoms. The topological polar surface area (TPSA) is 38.1 Å². The normalized spacial score (nSPS) is 9.92. The van der Waals surface area contributed by atoms with Gasteiger partial charge < -0.3 is 9.84 Å². The fourth-order valence-electron chi connectivity index (χ4n) is 1.07. The molecule has 3 heteroatoms. The Balaban J connectivity index is 2.15. The van der Waals surface area contributed by atoms with Crippen molar-refractivity contribution < 1.29 is 4.52 Å². The zero-order valence-corrected chi connectivity index (χ0v) is 7.32. The summed E-state index contributed by atoms with van der Waals surface area (Å²) in [6.07, 6.45) is 3.21. The van der Waals surface area contributed by atoms with Crippen LogP contribution in [0.4, 0.5) is 11.4 Å². The fraction of sp³-hybridized carbons (Fsp3) is 0.100. The third kappa shape index (κ3) is 1.87. The molecular weight excluding hydrogens is 164 g/mol. The Kier molecular flexibility index (Phi) is 2.00. The van der Waals surface area contributed by atoms with Gasteiger partial charge in [-0.1, -0.05) is 22.9 Å². The monoisotopic (exact) mass is 174 g/mol. The van der Waals surface area contributed by atoms with Crippen LogP contribution in [0.5, 0.6) is 0 Å². The summed E-state index contributed by atoms with van der Waals surface area (Å²) in [7, 11) is 0. The van der Waals surface area contributed by atoms with Crippen LogP contribution in [-0.2, 0) is 0 Å². The SMILES string of the molecule is Cc1ccc(Nc2cnoc2)cc1. The minimum atomic E-state index is 0.865. The number of benzene rings is 1. The highest BCUT2D eigenvalue weighted by Gasteiger charge is 1.95. The number of aryl methyl sites for hydroxylation is 1. The van der Waals surface area contributed by atoms with Crippen molar-refractivity contribution in [1.29, 1.82) is 0 Å². The van der Waals surface area contributed by atoms with Gasteiger partial charge in [-0.2, -0.15) is 0 Å². The van der Waals surface area contributed by atoms with E-state index in [1.54, 1.807) is 12.5 Å². The molecule has 2 rings (SSSR count). The quantitative estimate of drug-likeness (QED) is 0.760. The zero-order valence-electron chi connectivity index (χ0n) is 7.32. The summed E-state index contributed by atoms with van der Waals surface area (Å²) < 4.78 is 4.70. The Morgan fingerprint density at radius 3 is 2.54 bits per heavy atom. The number of nitrogens with zero attached hydrogens (tertiary/aromatic N) is 1. The van der Waals surface area contributed by atoms with Gasteiger partial charge in [0.15, 0.2) is 0 Å². The van der Waals surface area contributed by atoms with Crippen LogP contribution in [0.15, 0.2) is 41.2 Å². The van der Waals surface area contributed by atoms with Crippen LogP contribution in [0.2, 0.25) is 0 Å². The van der Waals surface area contributed by atoms with Crippen molar-refractivity contribution in [2.75, 3.05) is 5.32 Å². The van der Waals surface area contributed by atoms with E-state index in [-0.39, 0.29) is 0 Å². The first kappa shape index (κ1) is 7.86. The van der Waals surface area contributed by atoms with Crippen molar-refractivity contribution in [1.82, 2.24) is 5.16 Å². The van der Waals surface area contributed by atoms with Crippen molar-refractivity contribution >= 4 is 11.4 Å². The maximum Gasteiger partial charge on any atom is 0.147 e. The molecule has 0 aliphatic rings. The highest BCUT2D eigenvalue weighted by Crippen LogP contribution is 2.15. The van der Waals surface area contributed by atoms with E-state index in [4.69, 9.17) is 4.52 Å². The van der Waals surface area contributed by atoms with Crippen LogP contribution in [0.25, 0.3) is 0 Å². The lowest BCUT2D eigenvalue weighted by molar-refractivity contribution is 0.420. The van der Waals surface area contributed by atoms with Crippen molar-refractivity contribution in [3.05, 3.63) is 42.3 Å². The molecule has 1 aromatic carbocycles. The lowest BCUT2D eigenvalue weighted by atomic mass is 10.2. The maximum atomic E-state index is 4.70. The van der Waals surface area contributed by atoms with Crippen LogP contribution in [0.1, 0.15) is 5.56 Å². The molecule has 0 spiro atoms. The first-order valence-corrected chi connectivity index (χ1v) is 4.08. The molecule has 0 aliphatic heterocycles. The predicted molar refractivity (Wildman–Crippen MR) is 51.0 cm³/mol. The number of rotatable bonds is 2. The molecule has 66 valence electrons. The van der Waals surface area contributed by atoms with E-state index < -0.39 is 0 Å². The van der Waals surface area contributed by atoms with Crippen LogP contribution in [0.3, 0.4) is 0 Å². The average molecular weight is 174 g/mol. The van der Waals surface area contributed by atoms with E-state index >= 15 is 0 Å². The van der Waals surface area contributed by atoms with E-state index in [9.17, 15) is 0 Å².